The molecule has 3 aromatic rings. The molecule has 0 aromatic heterocycles. The molecular weight excluding hydrogens is 424 g/mol. The van der Waals surface area contributed by atoms with Crippen molar-refractivity contribution in [1.29, 1.82) is 0 Å². The third kappa shape index (κ3) is 6.83. The van der Waals surface area contributed by atoms with Crippen molar-refractivity contribution in [2.24, 2.45) is 0 Å². The van der Waals surface area contributed by atoms with Gasteiger partial charge in [-0.3, -0.25) is 0 Å². The number of rotatable bonds is 12. The first kappa shape index (κ1) is 25.3. The van der Waals surface area contributed by atoms with Gasteiger partial charge in [0.15, 0.2) is 0 Å². The minimum absolute atomic E-state index is 0.173. The molecule has 0 aliphatic rings. The molecule has 178 valence electrons. The van der Waals surface area contributed by atoms with E-state index in [2.05, 4.69) is 19.6 Å². The van der Waals surface area contributed by atoms with Crippen molar-refractivity contribution in [2.75, 3.05) is 13.2 Å². The van der Waals surface area contributed by atoms with Crippen LogP contribution in [-0.2, 0) is 0 Å². The Bertz CT molecular complexity index is 1140. The number of para-hydroxylation sites is 1. The van der Waals surface area contributed by atoms with E-state index in [1.165, 1.54) is 5.57 Å². The SMILES string of the molecule is C=C(COc1ccccc1)/C(=C/CO)C(O)CC/C(=C/c1ccc(O)c2ccccc12)CCC. The van der Waals surface area contributed by atoms with E-state index < -0.39 is 6.10 Å². The summed E-state index contributed by atoms with van der Waals surface area (Å²) in [4.78, 5) is 0. The summed E-state index contributed by atoms with van der Waals surface area (Å²) in [6.45, 7) is 6.29. The fourth-order valence-corrected chi connectivity index (χ4v) is 4.11. The largest absolute Gasteiger partial charge is 0.507 e. The first-order valence-corrected chi connectivity index (χ1v) is 11.8. The van der Waals surface area contributed by atoms with E-state index in [1.807, 2.05) is 60.7 Å². The third-order valence-electron chi connectivity index (χ3n) is 5.84. The lowest BCUT2D eigenvalue weighted by Gasteiger charge is -2.19. The summed E-state index contributed by atoms with van der Waals surface area (Å²) in [5, 5.41) is 32.5. The van der Waals surface area contributed by atoms with E-state index in [0.29, 0.717) is 24.0 Å². The van der Waals surface area contributed by atoms with Crippen molar-refractivity contribution in [2.45, 2.75) is 38.7 Å². The summed E-state index contributed by atoms with van der Waals surface area (Å²) < 4.78 is 5.77. The van der Waals surface area contributed by atoms with Gasteiger partial charge in [0, 0.05) is 5.39 Å². The minimum atomic E-state index is -0.754. The number of allylic oxidation sites excluding steroid dienone is 1. The van der Waals surface area contributed by atoms with Gasteiger partial charge in [0.05, 0.1) is 12.7 Å². The zero-order valence-corrected chi connectivity index (χ0v) is 19.8. The molecule has 0 radical (unpaired) electrons. The normalized spacial score (nSPS) is 13.1. The van der Waals surface area contributed by atoms with Gasteiger partial charge in [-0.2, -0.15) is 0 Å². The Morgan fingerprint density at radius 1 is 0.971 bits per heavy atom. The number of phenolic OH excluding ortho intramolecular Hbond substituents is 1. The van der Waals surface area contributed by atoms with Crippen LogP contribution in [0.2, 0.25) is 0 Å². The zero-order chi connectivity index (χ0) is 24.3. The van der Waals surface area contributed by atoms with Gasteiger partial charge in [-0.15, -0.1) is 0 Å². The van der Waals surface area contributed by atoms with Crippen LogP contribution in [-0.4, -0.2) is 34.6 Å². The van der Waals surface area contributed by atoms with Gasteiger partial charge in [-0.1, -0.05) is 86.2 Å². The number of hydrogen-bond donors (Lipinski definition) is 3. The maximum absolute atomic E-state index is 10.9. The second-order valence-electron chi connectivity index (χ2n) is 8.37. The highest BCUT2D eigenvalue weighted by Gasteiger charge is 2.15. The van der Waals surface area contributed by atoms with Crippen LogP contribution in [0.4, 0.5) is 0 Å². The van der Waals surface area contributed by atoms with E-state index in [-0.39, 0.29) is 19.0 Å². The molecule has 4 nitrogen and oxygen atoms in total. The van der Waals surface area contributed by atoms with Gasteiger partial charge in [-0.05, 0) is 59.6 Å². The van der Waals surface area contributed by atoms with Crippen molar-refractivity contribution in [3.05, 3.63) is 102 Å². The van der Waals surface area contributed by atoms with Crippen LogP contribution in [0.3, 0.4) is 0 Å². The van der Waals surface area contributed by atoms with Crippen LogP contribution in [0, 0.1) is 0 Å². The van der Waals surface area contributed by atoms with Crippen LogP contribution in [0.5, 0.6) is 11.5 Å². The summed E-state index contributed by atoms with van der Waals surface area (Å²) >= 11 is 0. The monoisotopic (exact) mass is 458 g/mol. The van der Waals surface area contributed by atoms with Crippen LogP contribution in [0.1, 0.15) is 38.2 Å². The average molecular weight is 459 g/mol. The van der Waals surface area contributed by atoms with E-state index in [9.17, 15) is 15.3 Å². The van der Waals surface area contributed by atoms with Gasteiger partial charge < -0.3 is 20.1 Å². The number of fused-ring (bicyclic) bond motifs is 1. The number of ether oxygens (including phenoxy) is 1. The lowest BCUT2D eigenvalue weighted by Crippen LogP contribution is -2.16. The Labute approximate surface area is 202 Å². The molecule has 0 aliphatic carbocycles. The first-order valence-electron chi connectivity index (χ1n) is 11.8. The summed E-state index contributed by atoms with van der Waals surface area (Å²) in [6, 6.07) is 20.9. The Hall–Kier alpha value is -3.34. The number of benzene rings is 3. The quantitative estimate of drug-likeness (QED) is 0.274. The number of hydrogen-bond acceptors (Lipinski definition) is 4. The topological polar surface area (TPSA) is 69.9 Å². The fourth-order valence-electron chi connectivity index (χ4n) is 4.11. The number of phenols is 1. The second kappa shape index (κ2) is 12.8. The Balaban J connectivity index is 1.71. The molecule has 0 fully saturated rings. The molecule has 3 aromatic carbocycles. The average Bonchev–Trinajstić information content (AvgIpc) is 2.86. The van der Waals surface area contributed by atoms with Crippen LogP contribution >= 0.6 is 0 Å². The van der Waals surface area contributed by atoms with Gasteiger partial charge in [-0.25, -0.2) is 0 Å². The second-order valence-corrected chi connectivity index (χ2v) is 8.37. The maximum atomic E-state index is 10.9. The van der Waals surface area contributed by atoms with Gasteiger partial charge in [0.1, 0.15) is 18.1 Å². The summed E-state index contributed by atoms with van der Waals surface area (Å²) in [5.41, 5.74) is 3.55. The molecule has 0 saturated carbocycles. The molecule has 4 heteroatoms. The van der Waals surface area contributed by atoms with Crippen molar-refractivity contribution in [3.63, 3.8) is 0 Å². The predicted molar refractivity (Wildman–Crippen MR) is 140 cm³/mol. The van der Waals surface area contributed by atoms with Gasteiger partial charge in [0.25, 0.3) is 0 Å². The zero-order valence-electron chi connectivity index (χ0n) is 19.8. The molecule has 3 N–H and O–H groups in total. The predicted octanol–water partition coefficient (Wildman–Crippen LogP) is 6.42. The minimum Gasteiger partial charge on any atom is -0.507 e. The van der Waals surface area contributed by atoms with E-state index >= 15 is 0 Å². The van der Waals surface area contributed by atoms with Crippen LogP contribution in [0.15, 0.2) is 96.1 Å². The highest BCUT2D eigenvalue weighted by atomic mass is 16.5. The molecule has 3 rings (SSSR count). The first-order chi connectivity index (χ1) is 16.5. The number of aromatic hydroxyl groups is 1. The van der Waals surface area contributed by atoms with E-state index in [4.69, 9.17) is 4.74 Å². The molecule has 0 saturated heterocycles. The highest BCUT2D eigenvalue weighted by molar-refractivity contribution is 5.94. The number of aliphatic hydroxyl groups excluding tert-OH is 2. The Kier molecular flexibility index (Phi) is 9.51. The Morgan fingerprint density at radius 3 is 2.38 bits per heavy atom. The molecule has 0 bridgehead atoms. The highest BCUT2D eigenvalue weighted by Crippen LogP contribution is 2.30. The summed E-state index contributed by atoms with van der Waals surface area (Å²) in [5.74, 6) is 1.01. The lowest BCUT2D eigenvalue weighted by molar-refractivity contribution is 0.198. The maximum Gasteiger partial charge on any atom is 0.123 e. The fraction of sp³-hybridized carbons (Fsp3) is 0.267. The van der Waals surface area contributed by atoms with Crippen molar-refractivity contribution in [1.82, 2.24) is 0 Å². The molecule has 34 heavy (non-hydrogen) atoms. The standard InChI is InChI=1S/C30H34O4/c1-3-9-23(20-24-15-17-30(33)28-13-8-7-12-27(24)28)14-16-29(32)26(18-19-31)22(2)21-34-25-10-5-4-6-11-25/h4-8,10-13,15,17-18,20,29,31-33H,2-3,9,14,16,19,21H2,1H3/b23-20+,26-18-. The van der Waals surface area contributed by atoms with Crippen molar-refractivity contribution in [3.8, 4) is 11.5 Å². The van der Waals surface area contributed by atoms with Crippen LogP contribution < -0.4 is 4.74 Å². The van der Waals surface area contributed by atoms with Crippen LogP contribution in [0.25, 0.3) is 16.8 Å². The Morgan fingerprint density at radius 2 is 1.68 bits per heavy atom. The number of aliphatic hydroxyl groups is 2. The molecule has 0 spiro atoms. The van der Waals surface area contributed by atoms with Gasteiger partial charge >= 0.3 is 0 Å². The molecule has 1 atom stereocenters. The molecule has 1 unspecified atom stereocenters. The van der Waals surface area contributed by atoms with E-state index in [1.54, 1.807) is 12.1 Å². The van der Waals surface area contributed by atoms with Crippen molar-refractivity contribution < 1.29 is 20.1 Å². The third-order valence-corrected chi connectivity index (χ3v) is 5.84. The molecule has 0 heterocycles. The molecule has 0 amide bonds. The molecular formula is C30H34O4. The lowest BCUT2D eigenvalue weighted by atomic mass is 9.93. The smallest absolute Gasteiger partial charge is 0.123 e. The van der Waals surface area contributed by atoms with Crippen molar-refractivity contribution >= 4 is 16.8 Å². The summed E-state index contributed by atoms with van der Waals surface area (Å²) in [6.07, 6.45) is 6.15. The van der Waals surface area contributed by atoms with E-state index in [0.717, 1.165) is 34.9 Å². The summed E-state index contributed by atoms with van der Waals surface area (Å²) in [7, 11) is 0. The van der Waals surface area contributed by atoms with Gasteiger partial charge in [0.2, 0.25) is 0 Å². The molecule has 0 aliphatic heterocycles.